The zero-order valence-electron chi connectivity index (χ0n) is 14.8. The number of H-pyrrole nitrogens is 1. The fourth-order valence-electron chi connectivity index (χ4n) is 3.73. The van der Waals surface area contributed by atoms with Crippen molar-refractivity contribution in [3.63, 3.8) is 0 Å². The molecule has 1 aliphatic rings. The summed E-state index contributed by atoms with van der Waals surface area (Å²) in [4.78, 5) is 3.68. The van der Waals surface area contributed by atoms with Crippen molar-refractivity contribution in [2.75, 3.05) is 6.54 Å². The van der Waals surface area contributed by atoms with E-state index in [4.69, 9.17) is 11.6 Å². The average molecular weight is 389 g/mol. The number of aryl methyl sites for hydroxylation is 2. The number of fused-ring (bicyclic) bond motifs is 1. The van der Waals surface area contributed by atoms with Crippen LogP contribution in [0.2, 0.25) is 5.02 Å². The van der Waals surface area contributed by atoms with Crippen molar-refractivity contribution in [1.29, 1.82) is 0 Å². The Kier molecular flexibility index (Phi) is 4.14. The van der Waals surface area contributed by atoms with E-state index < -0.39 is 10.0 Å². The molecule has 4 rings (SSSR count). The number of benzene rings is 2. The standard InChI is InChI=1S/C20H21ClN2O2S/c1-13-11-15(7-8-17(13)21)26(24,25)22-12-20(9-10-20)19-14(2)23-18-6-4-3-5-16(18)19/h3-8,11,22-23H,9-10,12H2,1-2H3. The van der Waals surface area contributed by atoms with Crippen molar-refractivity contribution < 1.29 is 8.42 Å². The Morgan fingerprint density at radius 2 is 1.88 bits per heavy atom. The molecule has 0 atom stereocenters. The molecule has 0 saturated heterocycles. The number of halogens is 1. The topological polar surface area (TPSA) is 62.0 Å². The number of hydrogen-bond donors (Lipinski definition) is 2. The first-order chi connectivity index (χ1) is 12.3. The van der Waals surface area contributed by atoms with Gasteiger partial charge in [-0.15, -0.1) is 0 Å². The molecule has 3 aromatic rings. The first kappa shape index (κ1) is 17.6. The lowest BCUT2D eigenvalue weighted by molar-refractivity contribution is 0.567. The van der Waals surface area contributed by atoms with E-state index in [2.05, 4.69) is 28.8 Å². The van der Waals surface area contributed by atoms with Gasteiger partial charge in [0.25, 0.3) is 0 Å². The van der Waals surface area contributed by atoms with E-state index in [1.165, 1.54) is 10.9 Å². The number of hydrogen-bond acceptors (Lipinski definition) is 2. The zero-order chi connectivity index (χ0) is 18.5. The monoisotopic (exact) mass is 388 g/mol. The largest absolute Gasteiger partial charge is 0.358 e. The summed E-state index contributed by atoms with van der Waals surface area (Å²) in [5.74, 6) is 0. The summed E-state index contributed by atoms with van der Waals surface area (Å²) < 4.78 is 28.3. The Morgan fingerprint density at radius 3 is 2.58 bits per heavy atom. The summed E-state index contributed by atoms with van der Waals surface area (Å²) in [7, 11) is -3.57. The smallest absolute Gasteiger partial charge is 0.240 e. The van der Waals surface area contributed by atoms with E-state index in [1.807, 2.05) is 12.1 Å². The molecule has 0 spiro atoms. The normalized spacial score (nSPS) is 16.1. The second kappa shape index (κ2) is 6.12. The van der Waals surface area contributed by atoms with Gasteiger partial charge in [-0.2, -0.15) is 0 Å². The summed E-state index contributed by atoms with van der Waals surface area (Å²) in [6, 6.07) is 13.0. The number of sulfonamides is 1. The molecule has 1 saturated carbocycles. The van der Waals surface area contributed by atoms with Gasteiger partial charge in [-0.3, -0.25) is 0 Å². The Bertz CT molecular complexity index is 1100. The van der Waals surface area contributed by atoms with Crippen LogP contribution in [0.4, 0.5) is 0 Å². The van der Waals surface area contributed by atoms with Crippen LogP contribution in [0.15, 0.2) is 47.4 Å². The van der Waals surface area contributed by atoms with Crippen LogP contribution in [0.5, 0.6) is 0 Å². The maximum Gasteiger partial charge on any atom is 0.240 e. The summed E-state index contributed by atoms with van der Waals surface area (Å²) in [5, 5.41) is 1.75. The number of nitrogens with one attached hydrogen (secondary N) is 2. The Balaban J connectivity index is 1.62. The van der Waals surface area contributed by atoms with E-state index in [0.717, 1.165) is 29.6 Å². The van der Waals surface area contributed by atoms with Gasteiger partial charge in [-0.05, 0) is 62.1 Å². The molecule has 0 radical (unpaired) electrons. The van der Waals surface area contributed by atoms with E-state index in [0.29, 0.717) is 11.6 Å². The SMILES string of the molecule is Cc1cc(S(=O)(=O)NCC2(c3c(C)[nH]c4ccccc34)CC2)ccc1Cl. The molecule has 1 fully saturated rings. The molecule has 0 amide bonds. The summed E-state index contributed by atoms with van der Waals surface area (Å²) >= 11 is 6.01. The molecular weight excluding hydrogens is 368 g/mol. The van der Waals surface area contributed by atoms with Crippen molar-refractivity contribution in [2.45, 2.75) is 37.0 Å². The van der Waals surface area contributed by atoms with Gasteiger partial charge in [0.05, 0.1) is 4.90 Å². The number of para-hydroxylation sites is 1. The van der Waals surface area contributed by atoms with E-state index in [9.17, 15) is 8.42 Å². The van der Waals surface area contributed by atoms with Gasteiger partial charge in [0.2, 0.25) is 10.0 Å². The number of aromatic nitrogens is 1. The van der Waals surface area contributed by atoms with Crippen LogP contribution in [-0.4, -0.2) is 19.9 Å². The van der Waals surface area contributed by atoms with Crippen molar-refractivity contribution in [3.05, 3.63) is 64.3 Å². The molecule has 1 heterocycles. The van der Waals surface area contributed by atoms with Crippen molar-refractivity contribution >= 4 is 32.5 Å². The second-order valence-corrected chi connectivity index (χ2v) is 9.36. The van der Waals surface area contributed by atoms with E-state index in [-0.39, 0.29) is 10.3 Å². The van der Waals surface area contributed by atoms with Crippen LogP contribution in [0.1, 0.15) is 29.7 Å². The number of rotatable bonds is 5. The van der Waals surface area contributed by atoms with Gasteiger partial charge in [-0.1, -0.05) is 29.8 Å². The summed E-state index contributed by atoms with van der Waals surface area (Å²) in [6.45, 7) is 4.27. The highest BCUT2D eigenvalue weighted by Gasteiger charge is 2.47. The van der Waals surface area contributed by atoms with Crippen LogP contribution >= 0.6 is 11.6 Å². The van der Waals surface area contributed by atoms with Gasteiger partial charge in [0.15, 0.2) is 0 Å². The first-order valence-electron chi connectivity index (χ1n) is 8.66. The molecule has 0 aliphatic heterocycles. The second-order valence-electron chi connectivity index (χ2n) is 7.19. The van der Waals surface area contributed by atoms with Gasteiger partial charge in [0, 0.05) is 33.6 Å². The molecule has 6 heteroatoms. The zero-order valence-corrected chi connectivity index (χ0v) is 16.3. The Labute approximate surface area is 158 Å². The van der Waals surface area contributed by atoms with Crippen molar-refractivity contribution in [1.82, 2.24) is 9.71 Å². The fourth-order valence-corrected chi connectivity index (χ4v) is 5.06. The maximum absolute atomic E-state index is 12.7. The lowest BCUT2D eigenvalue weighted by Crippen LogP contribution is -2.32. The van der Waals surface area contributed by atoms with Crippen molar-refractivity contribution in [2.24, 2.45) is 0 Å². The fraction of sp³-hybridized carbons (Fsp3) is 0.300. The maximum atomic E-state index is 12.7. The Hall–Kier alpha value is -1.82. The molecular formula is C20H21ClN2O2S. The third-order valence-corrected chi connectivity index (χ3v) is 7.14. The summed E-state index contributed by atoms with van der Waals surface area (Å²) in [5.41, 5.74) is 4.08. The van der Waals surface area contributed by atoms with Crippen LogP contribution in [0.3, 0.4) is 0 Å². The van der Waals surface area contributed by atoms with Crippen LogP contribution in [-0.2, 0) is 15.4 Å². The molecule has 4 nitrogen and oxygen atoms in total. The molecule has 0 unspecified atom stereocenters. The highest BCUT2D eigenvalue weighted by molar-refractivity contribution is 7.89. The Morgan fingerprint density at radius 1 is 1.15 bits per heavy atom. The van der Waals surface area contributed by atoms with E-state index in [1.54, 1.807) is 25.1 Å². The van der Waals surface area contributed by atoms with Gasteiger partial charge in [0.1, 0.15) is 0 Å². The quantitative estimate of drug-likeness (QED) is 0.678. The van der Waals surface area contributed by atoms with Crippen molar-refractivity contribution in [3.8, 4) is 0 Å². The van der Waals surface area contributed by atoms with Crippen LogP contribution < -0.4 is 4.72 Å². The predicted octanol–water partition coefficient (Wildman–Crippen LogP) is 4.45. The highest BCUT2D eigenvalue weighted by Crippen LogP contribution is 2.51. The molecule has 136 valence electrons. The van der Waals surface area contributed by atoms with Gasteiger partial charge >= 0.3 is 0 Å². The highest BCUT2D eigenvalue weighted by atomic mass is 35.5. The molecule has 2 N–H and O–H groups in total. The van der Waals surface area contributed by atoms with Crippen LogP contribution in [0.25, 0.3) is 10.9 Å². The van der Waals surface area contributed by atoms with Crippen LogP contribution in [0, 0.1) is 13.8 Å². The third-order valence-electron chi connectivity index (χ3n) is 5.32. The molecule has 1 aliphatic carbocycles. The van der Waals surface area contributed by atoms with Gasteiger partial charge in [-0.25, -0.2) is 13.1 Å². The summed E-state index contributed by atoms with van der Waals surface area (Å²) in [6.07, 6.45) is 1.97. The first-order valence-corrected chi connectivity index (χ1v) is 10.5. The average Bonchev–Trinajstić information content (AvgIpc) is 3.30. The molecule has 26 heavy (non-hydrogen) atoms. The molecule has 1 aromatic heterocycles. The number of aromatic amines is 1. The minimum atomic E-state index is -3.57. The molecule has 0 bridgehead atoms. The minimum absolute atomic E-state index is 0.127. The predicted molar refractivity (Wildman–Crippen MR) is 105 cm³/mol. The lowest BCUT2D eigenvalue weighted by atomic mass is 9.93. The van der Waals surface area contributed by atoms with Gasteiger partial charge < -0.3 is 4.98 Å². The lowest BCUT2D eigenvalue weighted by Gasteiger charge is -2.17. The molecule has 2 aromatic carbocycles. The van der Waals surface area contributed by atoms with E-state index >= 15 is 0 Å². The third kappa shape index (κ3) is 2.94. The minimum Gasteiger partial charge on any atom is -0.358 e.